The Hall–Kier alpha value is -1.55. The minimum atomic E-state index is -0.00901. The minimum Gasteiger partial charge on any atom is -0.362 e. The molecule has 0 aromatic heterocycles. The van der Waals surface area contributed by atoms with E-state index in [4.69, 9.17) is 11.6 Å². The van der Waals surface area contributed by atoms with Crippen LogP contribution in [0.3, 0.4) is 0 Å². The summed E-state index contributed by atoms with van der Waals surface area (Å²) in [6, 6.07) is 5.27. The summed E-state index contributed by atoms with van der Waals surface area (Å²) in [6.45, 7) is 2.96. The molecule has 0 aliphatic carbocycles. The average molecular weight is 283 g/mol. The Morgan fingerprint density at radius 3 is 2.58 bits per heavy atom. The van der Waals surface area contributed by atoms with Gasteiger partial charge in [0.05, 0.1) is 17.1 Å². The van der Waals surface area contributed by atoms with E-state index in [-0.39, 0.29) is 12.5 Å². The number of halogens is 1. The SMILES string of the molecule is CCCN(CC(=O)N(C)C)c1cccc(Cl)c1C=O. The van der Waals surface area contributed by atoms with E-state index in [1.165, 1.54) is 4.90 Å². The van der Waals surface area contributed by atoms with Crippen LogP contribution in [0.25, 0.3) is 0 Å². The number of amides is 1. The molecule has 0 bridgehead atoms. The van der Waals surface area contributed by atoms with Crippen molar-refractivity contribution in [3.05, 3.63) is 28.8 Å². The van der Waals surface area contributed by atoms with Gasteiger partial charge in [-0.25, -0.2) is 0 Å². The lowest BCUT2D eigenvalue weighted by atomic mass is 10.1. The van der Waals surface area contributed by atoms with Crippen molar-refractivity contribution in [3.63, 3.8) is 0 Å². The molecule has 104 valence electrons. The summed E-state index contributed by atoms with van der Waals surface area (Å²) in [4.78, 5) is 26.4. The van der Waals surface area contributed by atoms with Gasteiger partial charge < -0.3 is 9.80 Å². The van der Waals surface area contributed by atoms with Gasteiger partial charge in [-0.15, -0.1) is 0 Å². The zero-order valence-corrected chi connectivity index (χ0v) is 12.3. The number of carbonyl (C=O) groups excluding carboxylic acids is 2. The summed E-state index contributed by atoms with van der Waals surface area (Å²) in [7, 11) is 3.43. The number of benzene rings is 1. The van der Waals surface area contributed by atoms with Crippen molar-refractivity contribution in [1.82, 2.24) is 4.90 Å². The lowest BCUT2D eigenvalue weighted by molar-refractivity contribution is -0.127. The summed E-state index contributed by atoms with van der Waals surface area (Å²) in [6.07, 6.45) is 1.62. The van der Waals surface area contributed by atoms with Gasteiger partial charge in [0.25, 0.3) is 0 Å². The Labute approximate surface area is 118 Å². The van der Waals surface area contributed by atoms with Crippen molar-refractivity contribution in [2.45, 2.75) is 13.3 Å². The van der Waals surface area contributed by atoms with Gasteiger partial charge in [0, 0.05) is 26.3 Å². The zero-order valence-electron chi connectivity index (χ0n) is 11.5. The van der Waals surface area contributed by atoms with E-state index in [0.29, 0.717) is 22.8 Å². The summed E-state index contributed by atoms with van der Waals surface area (Å²) in [5.41, 5.74) is 1.14. The average Bonchev–Trinajstić information content (AvgIpc) is 2.37. The maximum absolute atomic E-state index is 11.8. The monoisotopic (exact) mass is 282 g/mol. The first-order valence-corrected chi connectivity index (χ1v) is 6.57. The molecule has 4 nitrogen and oxygen atoms in total. The summed E-state index contributed by atoms with van der Waals surface area (Å²) >= 11 is 6.02. The van der Waals surface area contributed by atoms with E-state index in [0.717, 1.165) is 12.7 Å². The third-order valence-electron chi connectivity index (χ3n) is 2.81. The highest BCUT2D eigenvalue weighted by molar-refractivity contribution is 6.33. The van der Waals surface area contributed by atoms with E-state index in [1.54, 1.807) is 26.2 Å². The van der Waals surface area contributed by atoms with Crippen LogP contribution in [0.5, 0.6) is 0 Å². The molecular formula is C14H19ClN2O2. The molecule has 0 atom stereocenters. The maximum Gasteiger partial charge on any atom is 0.241 e. The topological polar surface area (TPSA) is 40.6 Å². The van der Waals surface area contributed by atoms with Crippen LogP contribution in [0.4, 0.5) is 5.69 Å². The highest BCUT2D eigenvalue weighted by Crippen LogP contribution is 2.26. The van der Waals surface area contributed by atoms with Crippen LogP contribution in [-0.2, 0) is 4.79 Å². The van der Waals surface area contributed by atoms with Gasteiger partial charge in [-0.05, 0) is 18.6 Å². The van der Waals surface area contributed by atoms with Gasteiger partial charge in [0.1, 0.15) is 0 Å². The largest absolute Gasteiger partial charge is 0.362 e. The molecule has 0 fully saturated rings. The second kappa shape index (κ2) is 7.14. The number of rotatable bonds is 6. The van der Waals surface area contributed by atoms with Crippen molar-refractivity contribution in [2.24, 2.45) is 0 Å². The fourth-order valence-corrected chi connectivity index (χ4v) is 1.99. The molecule has 0 spiro atoms. The summed E-state index contributed by atoms with van der Waals surface area (Å²) in [5.74, 6) is -0.00901. The lowest BCUT2D eigenvalue weighted by Gasteiger charge is -2.26. The van der Waals surface area contributed by atoms with Crippen molar-refractivity contribution in [3.8, 4) is 0 Å². The molecule has 1 aromatic rings. The van der Waals surface area contributed by atoms with Crippen LogP contribution in [0.1, 0.15) is 23.7 Å². The van der Waals surface area contributed by atoms with E-state index in [1.807, 2.05) is 17.9 Å². The fourth-order valence-electron chi connectivity index (χ4n) is 1.78. The van der Waals surface area contributed by atoms with Gasteiger partial charge in [0.2, 0.25) is 5.91 Å². The first kappa shape index (κ1) is 15.5. The predicted octanol–water partition coefficient (Wildman–Crippen LogP) is 2.46. The van der Waals surface area contributed by atoms with Crippen molar-refractivity contribution in [1.29, 1.82) is 0 Å². The molecule has 0 saturated carbocycles. The highest BCUT2D eigenvalue weighted by atomic mass is 35.5. The lowest BCUT2D eigenvalue weighted by Crippen LogP contribution is -2.37. The van der Waals surface area contributed by atoms with Crippen LogP contribution in [0.15, 0.2) is 18.2 Å². The van der Waals surface area contributed by atoms with Crippen LogP contribution >= 0.6 is 11.6 Å². The highest BCUT2D eigenvalue weighted by Gasteiger charge is 2.16. The molecule has 5 heteroatoms. The van der Waals surface area contributed by atoms with Crippen LogP contribution < -0.4 is 4.90 Å². The molecule has 0 radical (unpaired) electrons. The summed E-state index contributed by atoms with van der Waals surface area (Å²) < 4.78 is 0. The predicted molar refractivity (Wildman–Crippen MR) is 78.0 cm³/mol. The molecule has 1 amide bonds. The second-order valence-corrected chi connectivity index (χ2v) is 4.91. The Kier molecular flexibility index (Phi) is 5.83. The number of hydrogen-bond donors (Lipinski definition) is 0. The third-order valence-corrected chi connectivity index (χ3v) is 3.14. The quantitative estimate of drug-likeness (QED) is 0.753. The molecule has 0 heterocycles. The molecule has 0 N–H and O–H groups in total. The number of aldehydes is 1. The molecular weight excluding hydrogens is 264 g/mol. The van der Waals surface area contributed by atoms with E-state index in [9.17, 15) is 9.59 Å². The molecule has 1 aromatic carbocycles. The van der Waals surface area contributed by atoms with Gasteiger partial charge in [-0.3, -0.25) is 9.59 Å². The maximum atomic E-state index is 11.8. The number of likely N-dealkylation sites (N-methyl/N-ethyl adjacent to an activating group) is 1. The van der Waals surface area contributed by atoms with Crippen molar-refractivity contribution in [2.75, 3.05) is 32.1 Å². The standard InChI is InChI=1S/C14H19ClN2O2/c1-4-8-17(9-14(19)16(2)3)13-7-5-6-12(15)11(13)10-18/h5-7,10H,4,8-9H2,1-3H3. The van der Waals surface area contributed by atoms with E-state index in [2.05, 4.69) is 0 Å². The number of nitrogens with zero attached hydrogens (tertiary/aromatic N) is 2. The first-order valence-electron chi connectivity index (χ1n) is 6.20. The number of carbonyl (C=O) groups is 2. The van der Waals surface area contributed by atoms with E-state index >= 15 is 0 Å². The number of anilines is 1. The van der Waals surface area contributed by atoms with Crippen LogP contribution in [0, 0.1) is 0 Å². The zero-order chi connectivity index (χ0) is 14.4. The Morgan fingerprint density at radius 2 is 2.05 bits per heavy atom. The number of hydrogen-bond acceptors (Lipinski definition) is 3. The van der Waals surface area contributed by atoms with Crippen LogP contribution in [-0.4, -0.2) is 44.3 Å². The first-order chi connectivity index (χ1) is 9.01. The van der Waals surface area contributed by atoms with Gasteiger partial charge in [0.15, 0.2) is 6.29 Å². The molecule has 0 unspecified atom stereocenters. The van der Waals surface area contributed by atoms with Crippen LogP contribution in [0.2, 0.25) is 5.02 Å². The Morgan fingerprint density at radius 1 is 1.37 bits per heavy atom. The van der Waals surface area contributed by atoms with Gasteiger partial charge in [-0.1, -0.05) is 24.6 Å². The Balaban J connectivity index is 3.08. The third kappa shape index (κ3) is 3.96. The molecule has 0 aliphatic heterocycles. The molecule has 19 heavy (non-hydrogen) atoms. The van der Waals surface area contributed by atoms with Crippen molar-refractivity contribution >= 4 is 29.5 Å². The van der Waals surface area contributed by atoms with E-state index < -0.39 is 0 Å². The smallest absolute Gasteiger partial charge is 0.241 e. The normalized spacial score (nSPS) is 10.1. The van der Waals surface area contributed by atoms with Crippen molar-refractivity contribution < 1.29 is 9.59 Å². The second-order valence-electron chi connectivity index (χ2n) is 4.50. The Bertz CT molecular complexity index is 461. The minimum absolute atomic E-state index is 0.00901. The molecule has 0 aliphatic rings. The van der Waals surface area contributed by atoms with Gasteiger partial charge >= 0.3 is 0 Å². The van der Waals surface area contributed by atoms with Gasteiger partial charge in [-0.2, -0.15) is 0 Å². The molecule has 1 rings (SSSR count). The molecule has 0 saturated heterocycles. The summed E-state index contributed by atoms with van der Waals surface area (Å²) in [5, 5.41) is 0.408. The fraction of sp³-hybridized carbons (Fsp3) is 0.429.